The molecule has 27 heteroatoms. The second-order valence-corrected chi connectivity index (χ2v) is 16.3. The molecule has 0 aromatic carbocycles. The molecule has 0 fully saturated rings. The molecule has 8 rings (SSSR count). The van der Waals surface area contributed by atoms with Crippen LogP contribution >= 0.6 is 15.9 Å². The zero-order valence-corrected chi connectivity index (χ0v) is 48.4. The van der Waals surface area contributed by atoms with Crippen molar-refractivity contribution in [1.29, 1.82) is 0 Å². The van der Waals surface area contributed by atoms with Crippen molar-refractivity contribution in [3.63, 3.8) is 0 Å². The first-order valence-electron chi connectivity index (χ1n) is 21.3. The van der Waals surface area contributed by atoms with Crippen LogP contribution in [0.3, 0.4) is 0 Å². The van der Waals surface area contributed by atoms with Crippen LogP contribution in [0.15, 0.2) is 163 Å². The van der Waals surface area contributed by atoms with Gasteiger partial charge in [-0.2, -0.15) is 13.2 Å². The van der Waals surface area contributed by atoms with Crippen molar-refractivity contribution in [3.05, 3.63) is 221 Å². The summed E-state index contributed by atoms with van der Waals surface area (Å²) >= 11 is 3.20. The van der Waals surface area contributed by atoms with E-state index >= 15 is 0 Å². The maximum Gasteiger partial charge on any atom is 0.485 e. The van der Waals surface area contributed by atoms with E-state index in [4.69, 9.17) is 59.5 Å². The fourth-order valence-electron chi connectivity index (χ4n) is 4.54. The Kier molecular flexibility index (Phi) is 37.9. The van der Waals surface area contributed by atoms with Crippen molar-refractivity contribution in [1.82, 2.24) is 39.9 Å². The van der Waals surface area contributed by atoms with E-state index in [0.29, 0.717) is 28.6 Å². The maximum absolute atomic E-state index is 10.7. The monoisotopic (exact) mass is 1500 g/mol. The van der Waals surface area contributed by atoms with Crippen LogP contribution in [0.5, 0.6) is 0 Å². The summed E-state index contributed by atoms with van der Waals surface area (Å²) in [6.45, 7) is 34.4. The molecule has 408 valence electrons. The molecule has 0 saturated heterocycles. The predicted molar refractivity (Wildman–Crippen MR) is 282 cm³/mol. The van der Waals surface area contributed by atoms with E-state index in [1.807, 2.05) is 78.9 Å². The number of halogens is 4. The van der Waals surface area contributed by atoms with E-state index in [2.05, 4.69) is 87.3 Å². The van der Waals surface area contributed by atoms with Crippen molar-refractivity contribution >= 4 is 61.9 Å². The summed E-state index contributed by atoms with van der Waals surface area (Å²) in [6.07, 6.45) is 12.6. The molecule has 0 bridgehead atoms. The predicted octanol–water partition coefficient (Wildman–Crippen LogP) is 9.66. The topological polar surface area (TPSA) is 259 Å². The van der Waals surface area contributed by atoms with E-state index in [9.17, 15) is 13.2 Å². The molecule has 4 N–H and O–H groups in total. The van der Waals surface area contributed by atoms with Crippen molar-refractivity contribution in [2.45, 2.75) is 45.4 Å². The molecule has 0 amide bonds. The van der Waals surface area contributed by atoms with Gasteiger partial charge in [0.2, 0.25) is 0 Å². The van der Waals surface area contributed by atoms with Gasteiger partial charge in [0.25, 0.3) is 11.6 Å². The molecule has 8 aromatic heterocycles. The molecule has 0 aliphatic rings. The van der Waals surface area contributed by atoms with Crippen molar-refractivity contribution in [2.75, 3.05) is 0 Å². The molecule has 0 aliphatic heterocycles. The molecule has 0 spiro atoms. The molecular formula is C51H44BBrF3Ir2N12O7S-3. The molecule has 0 unspecified atom stereocenters. The molecule has 8 heterocycles. The largest absolute Gasteiger partial charge is 0.741 e. The Hall–Kier alpha value is -7.46. The van der Waals surface area contributed by atoms with E-state index < -0.39 is 22.7 Å². The van der Waals surface area contributed by atoms with Gasteiger partial charge in [0, 0.05) is 88.2 Å². The molecule has 8 aromatic rings. The average Bonchev–Trinajstić information content (AvgIpc) is 3.42. The Balaban J connectivity index is 0. The van der Waals surface area contributed by atoms with Crippen LogP contribution in [0.4, 0.5) is 36.4 Å². The zero-order chi connectivity index (χ0) is 56.9. The molecular weight excluding hydrogens is 1460 g/mol. The number of alkyl halides is 3. The minimum atomic E-state index is -6.09. The molecule has 19 nitrogen and oxygen atoms in total. The van der Waals surface area contributed by atoms with E-state index in [-0.39, 0.29) is 63.7 Å². The number of nitrogens with zero attached hydrogens (tertiary/aromatic N) is 12. The summed E-state index contributed by atoms with van der Waals surface area (Å²) in [4.78, 5) is 44.9. The SMILES string of the molecule is Brc1ccccn1.CC(C)O.CC(C)O.O=S(=O)([O-])C(F)(F)F.[C-]#[N+]c1ncc[c-]c1-c1ccccn1.[C-]#[N+]c1ncc[c-]c1-c1ccccn1.[C-]#[N+]c1ncccc1-c1ccccn1.[C-]#[N+]c1ncccc1B(O)O.[Ir].[Ir]. The van der Waals surface area contributed by atoms with Gasteiger partial charge in [-0.05, 0) is 115 Å². The Morgan fingerprint density at radius 3 is 1.17 bits per heavy atom. The van der Waals surface area contributed by atoms with Crippen LogP contribution < -0.4 is 5.46 Å². The maximum atomic E-state index is 10.7. The summed E-state index contributed by atoms with van der Waals surface area (Å²) in [6, 6.07) is 38.3. The third-order valence-corrected chi connectivity index (χ3v) is 8.48. The fourth-order valence-corrected chi connectivity index (χ4v) is 4.81. The standard InChI is InChI=1S/C11H7N3.2C11H6N3.C6H5BN2O2.C5H4BrN.2C3H8O.CHF3O3S.2Ir/c3*1-12-11-9(5-4-8-14-11)10-6-2-3-7-13-10;1-8-6-5(7(10)11)3-2-4-9-6;6-5-3-1-2-4-7-5;2*1-3(2)4;2-1(3,4)8(5,6)7;;/h2-8H;2*2-4,6-8H;2-4,10-11H;1-4H;2*3-4H,1-2H3;(H,5,6,7);;/q;2*-1;;;;;;;/p-1. The second-order valence-electron chi connectivity index (χ2n) is 14.1. The number of aliphatic hydroxyl groups excluding tert-OH is 2. The first-order chi connectivity index (χ1) is 36.1. The van der Waals surface area contributed by atoms with Crippen LogP contribution in [0.1, 0.15) is 27.7 Å². The first kappa shape index (κ1) is 72.6. The van der Waals surface area contributed by atoms with Gasteiger partial charge < -0.3 is 54.2 Å². The van der Waals surface area contributed by atoms with E-state index in [1.165, 1.54) is 12.3 Å². The average molecular weight is 1500 g/mol. The Morgan fingerprint density at radius 2 is 0.872 bits per heavy atom. The fraction of sp³-hybridized carbons (Fsp3) is 0.137. The minimum absolute atomic E-state index is 0. The number of aliphatic hydroxyl groups is 2. The summed E-state index contributed by atoms with van der Waals surface area (Å²) in [5, 5.41) is 33.5. The van der Waals surface area contributed by atoms with Crippen LogP contribution in [0.2, 0.25) is 0 Å². The molecule has 2 radical (unpaired) electrons. The third kappa shape index (κ3) is 30.3. The van der Waals surface area contributed by atoms with Gasteiger partial charge in [-0.3, -0.25) is 4.98 Å². The van der Waals surface area contributed by atoms with Gasteiger partial charge in [0.15, 0.2) is 10.1 Å². The Bertz CT molecular complexity index is 2990. The van der Waals surface area contributed by atoms with Gasteiger partial charge >= 0.3 is 24.3 Å². The Morgan fingerprint density at radius 1 is 0.538 bits per heavy atom. The normalized spacial score (nSPS) is 9.42. The smallest absolute Gasteiger partial charge is 0.485 e. The van der Waals surface area contributed by atoms with Crippen LogP contribution in [-0.2, 0) is 50.3 Å². The van der Waals surface area contributed by atoms with Gasteiger partial charge in [-0.15, -0.1) is 44.2 Å². The molecule has 0 aliphatic carbocycles. The van der Waals surface area contributed by atoms with Gasteiger partial charge in [-0.1, -0.05) is 74.8 Å². The number of aromatic nitrogens is 8. The van der Waals surface area contributed by atoms with Crippen LogP contribution in [-0.4, -0.2) is 97.9 Å². The second kappa shape index (κ2) is 40.7. The summed E-state index contributed by atoms with van der Waals surface area (Å²) in [7, 11) is -7.71. The number of rotatable bonds is 4. The van der Waals surface area contributed by atoms with Crippen LogP contribution in [0, 0.1) is 38.4 Å². The third-order valence-electron chi connectivity index (χ3n) is 7.45. The van der Waals surface area contributed by atoms with Gasteiger partial charge in [0.1, 0.15) is 17.0 Å². The summed E-state index contributed by atoms with van der Waals surface area (Å²) < 4.78 is 59.8. The number of hydrogen-bond acceptors (Lipinski definition) is 15. The van der Waals surface area contributed by atoms with E-state index in [0.717, 1.165) is 27.2 Å². The number of hydrogen-bond donors (Lipinski definition) is 4. The summed E-state index contributed by atoms with van der Waals surface area (Å²) in [5.74, 6) is 1.10. The van der Waals surface area contributed by atoms with Crippen molar-refractivity contribution in [3.8, 4) is 33.8 Å². The van der Waals surface area contributed by atoms with Crippen molar-refractivity contribution in [2.24, 2.45) is 0 Å². The van der Waals surface area contributed by atoms with Gasteiger partial charge in [0.05, 0.1) is 18.1 Å². The molecule has 0 saturated carbocycles. The van der Waals surface area contributed by atoms with E-state index in [1.54, 1.807) is 95.3 Å². The molecule has 0 atom stereocenters. The number of pyridine rings is 8. The Labute approximate surface area is 485 Å². The zero-order valence-electron chi connectivity index (χ0n) is 41.2. The minimum Gasteiger partial charge on any atom is -0.741 e. The summed E-state index contributed by atoms with van der Waals surface area (Å²) in [5.41, 5.74) is -1.17. The first-order valence-corrected chi connectivity index (χ1v) is 23.5. The molecule has 78 heavy (non-hydrogen) atoms. The quantitative estimate of drug-likeness (QED) is 0.0420. The van der Waals surface area contributed by atoms with Crippen molar-refractivity contribution < 1.29 is 86.6 Å². The van der Waals surface area contributed by atoms with Gasteiger partial charge in [-0.25, -0.2) is 13.4 Å². The van der Waals surface area contributed by atoms with Crippen LogP contribution in [0.25, 0.3) is 53.2 Å².